The Balaban J connectivity index is 1.79. The van der Waals surface area contributed by atoms with Gasteiger partial charge in [0.2, 0.25) is 0 Å². The molecule has 0 spiro atoms. The van der Waals surface area contributed by atoms with Crippen LogP contribution < -0.4 is 9.60 Å². The summed E-state index contributed by atoms with van der Waals surface area (Å²) in [5.41, 5.74) is 5.90. The van der Waals surface area contributed by atoms with Crippen LogP contribution in [0.3, 0.4) is 0 Å². The molecule has 5 aromatic rings. The first-order valence-electron chi connectivity index (χ1n) is 11.1. The predicted molar refractivity (Wildman–Crippen MR) is 140 cm³/mol. The summed E-state index contributed by atoms with van der Waals surface area (Å²) < 4.78 is 0.428. The lowest BCUT2D eigenvalue weighted by Gasteiger charge is -2.47. The summed E-state index contributed by atoms with van der Waals surface area (Å²) in [7, 11) is 0. The van der Waals surface area contributed by atoms with E-state index in [2.05, 4.69) is 145 Å². The average Bonchev–Trinajstić information content (AvgIpc) is 2.90. The molecule has 6 rings (SSSR count). The van der Waals surface area contributed by atoms with Crippen LogP contribution in [0, 0.1) is 0 Å². The summed E-state index contributed by atoms with van der Waals surface area (Å²) in [6, 6.07) is 49.8. The lowest BCUT2D eigenvalue weighted by atomic mass is 10.1. The first kappa shape index (κ1) is 19.9. The Kier molecular flexibility index (Phi) is 4.99. The zero-order valence-electron chi connectivity index (χ0n) is 18.1. The molecule has 0 aliphatic carbocycles. The Hall–Kier alpha value is -3.79. The maximum Gasteiger partial charge on any atom is 0.168 e. The third-order valence-corrected chi connectivity index (χ3v) is 7.23. The molecular formula is C30H23N2S+. The molecule has 0 amide bonds. The minimum Gasteiger partial charge on any atom is -0.175 e. The number of rotatable bonds is 4. The molecule has 2 nitrogen and oxygen atoms in total. The van der Waals surface area contributed by atoms with E-state index >= 15 is 0 Å². The average molecular weight is 444 g/mol. The van der Waals surface area contributed by atoms with Crippen LogP contribution in [0.5, 0.6) is 0 Å². The molecule has 5 aromatic carbocycles. The fourth-order valence-corrected chi connectivity index (χ4v) is 5.78. The fraction of sp³-hybridized carbons (Fsp3) is 0. The zero-order chi connectivity index (χ0) is 22.1. The Morgan fingerprint density at radius 3 is 1.12 bits per heavy atom. The highest BCUT2D eigenvalue weighted by atomic mass is 32.2. The van der Waals surface area contributed by atoms with Crippen molar-refractivity contribution in [1.82, 2.24) is 4.59 Å². The normalized spacial score (nSPS) is 12.7. The van der Waals surface area contributed by atoms with E-state index in [0.29, 0.717) is 4.59 Å². The van der Waals surface area contributed by atoms with E-state index in [1.54, 1.807) is 0 Å². The van der Waals surface area contributed by atoms with Crippen molar-refractivity contribution in [2.45, 2.75) is 9.79 Å². The van der Waals surface area contributed by atoms with Crippen LogP contribution in [0.2, 0.25) is 0 Å². The third-order valence-electron chi connectivity index (χ3n) is 6.10. The number of quaternary nitrogens is 1. The third kappa shape index (κ3) is 3.17. The fourth-order valence-electron chi connectivity index (χ4n) is 4.73. The second-order valence-electron chi connectivity index (χ2n) is 7.99. The first-order valence-corrected chi connectivity index (χ1v) is 11.9. The highest BCUT2D eigenvalue weighted by Gasteiger charge is 2.47. The summed E-state index contributed by atoms with van der Waals surface area (Å²) in [6.07, 6.45) is 0. The molecule has 0 unspecified atom stereocenters. The van der Waals surface area contributed by atoms with E-state index < -0.39 is 0 Å². The molecule has 1 aliphatic heterocycles. The Morgan fingerprint density at radius 1 is 0.394 bits per heavy atom. The van der Waals surface area contributed by atoms with Crippen molar-refractivity contribution in [2.24, 2.45) is 0 Å². The van der Waals surface area contributed by atoms with Gasteiger partial charge in [-0.25, -0.2) is 0 Å². The van der Waals surface area contributed by atoms with Gasteiger partial charge in [0.05, 0.1) is 0 Å². The van der Waals surface area contributed by atoms with Crippen LogP contribution >= 0.6 is 11.8 Å². The van der Waals surface area contributed by atoms with Crippen LogP contribution in [-0.2, 0) is 0 Å². The van der Waals surface area contributed by atoms with E-state index in [4.69, 9.17) is 0 Å². The van der Waals surface area contributed by atoms with Gasteiger partial charge in [0.1, 0.15) is 11.4 Å². The molecule has 0 N–H and O–H groups in total. The topological polar surface area (TPSA) is 3.24 Å². The summed E-state index contributed by atoms with van der Waals surface area (Å²) in [4.78, 5) is 2.50. The van der Waals surface area contributed by atoms with Crippen LogP contribution in [0.4, 0.5) is 28.4 Å². The summed E-state index contributed by atoms with van der Waals surface area (Å²) in [6.45, 7) is 0. The van der Waals surface area contributed by atoms with Gasteiger partial charge in [-0.1, -0.05) is 90.6 Å². The number of nitrogens with zero attached hydrogens (tertiary/aromatic N) is 2. The second-order valence-corrected chi connectivity index (χ2v) is 9.08. The maximum absolute atomic E-state index is 2.49. The molecule has 3 heteroatoms. The van der Waals surface area contributed by atoms with Crippen molar-refractivity contribution < 1.29 is 0 Å². The van der Waals surface area contributed by atoms with Crippen molar-refractivity contribution in [1.29, 1.82) is 0 Å². The van der Waals surface area contributed by atoms with Gasteiger partial charge in [-0.3, -0.25) is 0 Å². The van der Waals surface area contributed by atoms with Gasteiger partial charge in [0.25, 0.3) is 0 Å². The largest absolute Gasteiger partial charge is 0.175 e. The van der Waals surface area contributed by atoms with Crippen LogP contribution in [0.15, 0.2) is 149 Å². The van der Waals surface area contributed by atoms with E-state index in [1.807, 2.05) is 11.8 Å². The molecule has 0 bridgehead atoms. The van der Waals surface area contributed by atoms with Crippen LogP contribution in [-0.4, -0.2) is 0 Å². The SMILES string of the molecule is c1ccc([N+](c2ccccc2)(c2ccccc2)N2c3ccccc3Sc3ccccc32)cc1. The molecule has 1 aliphatic rings. The lowest BCUT2D eigenvalue weighted by molar-refractivity contribution is 0.520. The number of para-hydroxylation sites is 5. The minimum atomic E-state index is 0.428. The van der Waals surface area contributed by atoms with Gasteiger partial charge in [0.15, 0.2) is 17.1 Å². The Bertz CT molecular complexity index is 1240. The number of hydrogen-bond donors (Lipinski definition) is 0. The molecule has 158 valence electrons. The molecular weight excluding hydrogens is 420 g/mol. The van der Waals surface area contributed by atoms with Gasteiger partial charge >= 0.3 is 0 Å². The van der Waals surface area contributed by atoms with Crippen LogP contribution in [0.1, 0.15) is 0 Å². The lowest BCUT2D eigenvalue weighted by Crippen LogP contribution is -2.53. The zero-order valence-corrected chi connectivity index (χ0v) is 18.9. The molecule has 0 aromatic heterocycles. The quantitative estimate of drug-likeness (QED) is 0.255. The van der Waals surface area contributed by atoms with Gasteiger partial charge in [-0.15, -0.1) is 4.59 Å². The Labute approximate surface area is 198 Å². The summed E-state index contributed by atoms with van der Waals surface area (Å²) in [5, 5.41) is 2.49. The Morgan fingerprint density at radius 2 is 0.727 bits per heavy atom. The maximum atomic E-state index is 2.49. The van der Waals surface area contributed by atoms with E-state index in [9.17, 15) is 0 Å². The molecule has 0 saturated heterocycles. The van der Waals surface area contributed by atoms with Gasteiger partial charge in [0, 0.05) is 46.2 Å². The predicted octanol–water partition coefficient (Wildman–Crippen LogP) is 8.88. The van der Waals surface area contributed by atoms with E-state index in [1.165, 1.54) is 38.2 Å². The number of anilines is 2. The van der Waals surface area contributed by atoms with E-state index in [0.717, 1.165) is 0 Å². The molecule has 1 heterocycles. The highest BCUT2D eigenvalue weighted by Crippen LogP contribution is 2.56. The van der Waals surface area contributed by atoms with Crippen molar-refractivity contribution in [3.05, 3.63) is 140 Å². The number of hydrogen-bond acceptors (Lipinski definition) is 2. The highest BCUT2D eigenvalue weighted by molar-refractivity contribution is 7.99. The number of benzene rings is 5. The van der Waals surface area contributed by atoms with Gasteiger partial charge in [-0.2, -0.15) is 5.01 Å². The molecule has 0 fully saturated rings. The minimum absolute atomic E-state index is 0.428. The van der Waals surface area contributed by atoms with E-state index in [-0.39, 0.29) is 0 Å². The van der Waals surface area contributed by atoms with Crippen LogP contribution in [0.25, 0.3) is 0 Å². The van der Waals surface area contributed by atoms with Gasteiger partial charge in [-0.05, 0) is 24.3 Å². The molecule has 33 heavy (non-hydrogen) atoms. The van der Waals surface area contributed by atoms with Crippen molar-refractivity contribution >= 4 is 40.2 Å². The second kappa shape index (κ2) is 8.28. The van der Waals surface area contributed by atoms with Crippen molar-refractivity contribution in [2.75, 3.05) is 5.01 Å². The molecule has 0 saturated carbocycles. The molecule has 0 radical (unpaired) electrons. The standard InChI is InChI=1S/C30H23N2S/c1-4-14-24(15-5-1)32(25-16-6-2-7-17-25,26-18-8-3-9-19-26)31-27-20-10-12-22-29(27)33-30-23-13-11-21-28(30)31/h1-23H/q+1. The molecule has 0 atom stereocenters. The van der Waals surface area contributed by atoms with Crippen molar-refractivity contribution in [3.63, 3.8) is 0 Å². The first-order chi connectivity index (χ1) is 16.4. The monoisotopic (exact) mass is 443 g/mol. The number of fused-ring (bicyclic) bond motifs is 2. The smallest absolute Gasteiger partial charge is 0.168 e. The summed E-state index contributed by atoms with van der Waals surface area (Å²) in [5.74, 6) is 0. The summed E-state index contributed by atoms with van der Waals surface area (Å²) >= 11 is 1.84. The van der Waals surface area contributed by atoms with Crippen molar-refractivity contribution in [3.8, 4) is 0 Å². The van der Waals surface area contributed by atoms with Gasteiger partial charge < -0.3 is 0 Å².